The number of ether oxygens (including phenoxy) is 1. The van der Waals surface area contributed by atoms with Crippen LogP contribution >= 0.6 is 0 Å². The summed E-state index contributed by atoms with van der Waals surface area (Å²) in [4.78, 5) is 16.2. The third-order valence-electron chi connectivity index (χ3n) is 3.64. The van der Waals surface area contributed by atoms with Crippen LogP contribution in [0.4, 0.5) is 5.69 Å². The molecule has 0 aliphatic carbocycles. The molecule has 1 amide bonds. The Morgan fingerprint density at radius 3 is 2.47 bits per heavy atom. The average Bonchev–Trinajstić information content (AvgIpc) is 2.83. The summed E-state index contributed by atoms with van der Waals surface area (Å²) in [5.41, 5.74) is 3.28. The van der Waals surface area contributed by atoms with Gasteiger partial charge >= 0.3 is 0 Å². The van der Waals surface area contributed by atoms with Gasteiger partial charge in [0.25, 0.3) is 5.91 Å². The van der Waals surface area contributed by atoms with E-state index in [9.17, 15) is 4.79 Å². The molecule has 0 bridgehead atoms. The molecule has 0 radical (unpaired) electrons. The van der Waals surface area contributed by atoms with Crippen LogP contribution in [0.5, 0.6) is 0 Å². The van der Waals surface area contributed by atoms with Gasteiger partial charge in [-0.3, -0.25) is 4.79 Å². The summed E-state index contributed by atoms with van der Waals surface area (Å²) in [6, 6.07) is 8.08. The minimum atomic E-state index is 0.0744. The zero-order valence-electron chi connectivity index (χ0n) is 11.1. The van der Waals surface area contributed by atoms with Crippen molar-refractivity contribution in [3.8, 4) is 0 Å². The highest BCUT2D eigenvalue weighted by molar-refractivity contribution is 6.04. The predicted octanol–water partition coefficient (Wildman–Crippen LogP) is 1.56. The quantitative estimate of drug-likeness (QED) is 0.807. The molecule has 4 nitrogen and oxygen atoms in total. The van der Waals surface area contributed by atoms with Gasteiger partial charge in [-0.1, -0.05) is 17.7 Å². The largest absolute Gasteiger partial charge is 0.378 e. The molecule has 1 saturated heterocycles. The highest BCUT2D eigenvalue weighted by Gasteiger charge is 2.26. The normalized spacial score (nSPS) is 19.8. The van der Waals surface area contributed by atoms with Crippen molar-refractivity contribution in [2.75, 3.05) is 37.7 Å². The maximum atomic E-state index is 12.1. The Labute approximate surface area is 113 Å². The Morgan fingerprint density at radius 2 is 1.79 bits per heavy atom. The first-order chi connectivity index (χ1) is 9.24. The molecule has 1 aromatic carbocycles. The summed E-state index contributed by atoms with van der Waals surface area (Å²) in [7, 11) is 0. The molecule has 2 aliphatic rings. The fourth-order valence-electron chi connectivity index (χ4n) is 2.49. The van der Waals surface area contributed by atoms with Crippen LogP contribution in [0.15, 0.2) is 36.0 Å². The molecule has 2 heterocycles. The third-order valence-corrected chi connectivity index (χ3v) is 3.64. The maximum Gasteiger partial charge on any atom is 0.253 e. The van der Waals surface area contributed by atoms with Crippen LogP contribution in [-0.4, -0.2) is 43.7 Å². The summed E-state index contributed by atoms with van der Waals surface area (Å²) in [6.45, 7) is 5.96. The summed E-state index contributed by atoms with van der Waals surface area (Å²) in [6.07, 6.45) is 1.76. The van der Waals surface area contributed by atoms with E-state index in [4.69, 9.17) is 4.74 Å². The van der Waals surface area contributed by atoms with Crippen molar-refractivity contribution in [1.82, 2.24) is 4.90 Å². The Bertz CT molecular complexity index is 501. The van der Waals surface area contributed by atoms with Crippen molar-refractivity contribution in [2.45, 2.75) is 6.92 Å². The van der Waals surface area contributed by atoms with Crippen LogP contribution < -0.4 is 4.90 Å². The summed E-state index contributed by atoms with van der Waals surface area (Å²) < 4.78 is 5.34. The minimum absolute atomic E-state index is 0.0744. The molecule has 0 atom stereocenters. The zero-order chi connectivity index (χ0) is 13.2. The Kier molecular flexibility index (Phi) is 3.25. The summed E-state index contributed by atoms with van der Waals surface area (Å²) >= 11 is 0. The van der Waals surface area contributed by atoms with E-state index in [0.29, 0.717) is 6.54 Å². The molecule has 0 aromatic heterocycles. The zero-order valence-corrected chi connectivity index (χ0v) is 11.1. The predicted molar refractivity (Wildman–Crippen MR) is 74.0 cm³/mol. The van der Waals surface area contributed by atoms with Gasteiger partial charge in [0.15, 0.2) is 0 Å². The molecule has 19 heavy (non-hydrogen) atoms. The lowest BCUT2D eigenvalue weighted by Crippen LogP contribution is -2.37. The monoisotopic (exact) mass is 258 g/mol. The molecule has 0 saturated carbocycles. The first-order valence-electron chi connectivity index (χ1n) is 6.65. The minimum Gasteiger partial charge on any atom is -0.378 e. The van der Waals surface area contributed by atoms with E-state index in [1.54, 1.807) is 6.08 Å². The lowest BCUT2D eigenvalue weighted by molar-refractivity contribution is -0.113. The van der Waals surface area contributed by atoms with Crippen LogP contribution in [0.25, 0.3) is 0 Å². The van der Waals surface area contributed by atoms with Gasteiger partial charge in [-0.2, -0.15) is 0 Å². The molecule has 1 fully saturated rings. The van der Waals surface area contributed by atoms with Crippen LogP contribution in [0, 0.1) is 6.92 Å². The maximum absolute atomic E-state index is 12.1. The van der Waals surface area contributed by atoms with Gasteiger partial charge < -0.3 is 14.5 Å². The highest BCUT2D eigenvalue weighted by Crippen LogP contribution is 2.23. The Hall–Kier alpha value is -1.81. The number of aryl methyl sites for hydroxylation is 1. The Morgan fingerprint density at radius 1 is 1.11 bits per heavy atom. The van der Waals surface area contributed by atoms with E-state index in [1.807, 2.05) is 36.1 Å². The molecule has 0 spiro atoms. The van der Waals surface area contributed by atoms with Crippen molar-refractivity contribution >= 4 is 11.6 Å². The van der Waals surface area contributed by atoms with Gasteiger partial charge in [0, 0.05) is 30.5 Å². The lowest BCUT2D eigenvalue weighted by atomic mass is 10.2. The van der Waals surface area contributed by atoms with E-state index in [1.165, 1.54) is 5.56 Å². The van der Waals surface area contributed by atoms with Crippen LogP contribution in [-0.2, 0) is 9.53 Å². The van der Waals surface area contributed by atoms with Gasteiger partial charge in [0.05, 0.1) is 19.8 Å². The topological polar surface area (TPSA) is 32.8 Å². The van der Waals surface area contributed by atoms with E-state index in [2.05, 4.69) is 4.90 Å². The number of anilines is 1. The third kappa shape index (κ3) is 2.49. The van der Waals surface area contributed by atoms with Crippen LogP contribution in [0.2, 0.25) is 0 Å². The van der Waals surface area contributed by atoms with Gasteiger partial charge in [-0.15, -0.1) is 0 Å². The van der Waals surface area contributed by atoms with Crippen molar-refractivity contribution in [1.29, 1.82) is 0 Å². The Balaban J connectivity index is 1.74. The number of hydrogen-bond donors (Lipinski definition) is 0. The average molecular weight is 258 g/mol. The number of amides is 1. The lowest BCUT2D eigenvalue weighted by Gasteiger charge is -2.30. The van der Waals surface area contributed by atoms with Crippen LogP contribution in [0.1, 0.15) is 5.56 Å². The van der Waals surface area contributed by atoms with E-state index < -0.39 is 0 Å². The number of carbonyl (C=O) groups is 1. The molecular weight excluding hydrogens is 240 g/mol. The number of morpholine rings is 1. The van der Waals surface area contributed by atoms with Gasteiger partial charge in [-0.25, -0.2) is 0 Å². The molecule has 0 N–H and O–H groups in total. The van der Waals surface area contributed by atoms with Crippen molar-refractivity contribution in [3.63, 3.8) is 0 Å². The van der Waals surface area contributed by atoms with E-state index >= 15 is 0 Å². The second-order valence-electron chi connectivity index (χ2n) is 5.00. The first kappa shape index (κ1) is 12.2. The highest BCUT2D eigenvalue weighted by atomic mass is 16.5. The smallest absolute Gasteiger partial charge is 0.253 e. The number of carbonyl (C=O) groups excluding carboxylic acids is 1. The molecule has 100 valence electrons. The number of hydrogen-bond acceptors (Lipinski definition) is 3. The number of benzene rings is 1. The molecule has 0 unspecified atom stereocenters. The standard InChI is InChI=1S/C15H18N2O2/c1-12-2-4-13(5-3-12)17-11-14(10-15(17)18)16-6-8-19-9-7-16/h2-5,10H,6-9,11H2,1H3. The molecule has 3 rings (SSSR count). The molecule has 1 aromatic rings. The summed E-state index contributed by atoms with van der Waals surface area (Å²) in [5.74, 6) is 0.0744. The fourth-order valence-corrected chi connectivity index (χ4v) is 2.49. The van der Waals surface area contributed by atoms with Gasteiger partial charge in [0.2, 0.25) is 0 Å². The van der Waals surface area contributed by atoms with Crippen molar-refractivity contribution in [3.05, 3.63) is 41.6 Å². The van der Waals surface area contributed by atoms with Crippen molar-refractivity contribution < 1.29 is 9.53 Å². The first-order valence-corrected chi connectivity index (χ1v) is 6.65. The van der Waals surface area contributed by atoms with E-state index in [0.717, 1.165) is 37.7 Å². The molecule has 4 heteroatoms. The molecular formula is C15H18N2O2. The fraction of sp³-hybridized carbons (Fsp3) is 0.400. The number of rotatable bonds is 2. The number of nitrogens with zero attached hydrogens (tertiary/aromatic N) is 2. The summed E-state index contributed by atoms with van der Waals surface area (Å²) in [5, 5.41) is 0. The van der Waals surface area contributed by atoms with Crippen molar-refractivity contribution in [2.24, 2.45) is 0 Å². The van der Waals surface area contributed by atoms with Crippen LogP contribution in [0.3, 0.4) is 0 Å². The van der Waals surface area contributed by atoms with E-state index in [-0.39, 0.29) is 5.91 Å². The van der Waals surface area contributed by atoms with Gasteiger partial charge in [-0.05, 0) is 19.1 Å². The SMILES string of the molecule is Cc1ccc(N2CC(N3CCOCC3)=CC2=O)cc1. The van der Waals surface area contributed by atoms with Gasteiger partial charge in [0.1, 0.15) is 0 Å². The molecule has 2 aliphatic heterocycles. The second kappa shape index (κ2) is 5.05. The second-order valence-corrected chi connectivity index (χ2v) is 5.00.